The fourth-order valence-corrected chi connectivity index (χ4v) is 1.80. The fourth-order valence-electron chi connectivity index (χ4n) is 1.80. The molecule has 0 radical (unpaired) electrons. The average molecular weight is 287 g/mol. The standard InChI is InChI=1S/C16H17NO4/c1-19-14-9-8-12(10-15(14)20-2)11-17-16(18)21-13-6-4-3-5-7-13/h3-10H,11H2,1-2H3,(H,17,18). The van der Waals surface area contributed by atoms with Crippen LogP contribution >= 0.6 is 0 Å². The first kappa shape index (κ1) is 14.7. The van der Waals surface area contributed by atoms with Crippen molar-refractivity contribution in [2.24, 2.45) is 0 Å². The number of benzene rings is 2. The van der Waals surface area contributed by atoms with Gasteiger partial charge in [0, 0.05) is 6.54 Å². The fraction of sp³-hybridized carbons (Fsp3) is 0.188. The van der Waals surface area contributed by atoms with Gasteiger partial charge in [-0.2, -0.15) is 0 Å². The molecule has 5 heteroatoms. The number of rotatable bonds is 5. The van der Waals surface area contributed by atoms with Gasteiger partial charge in [0.1, 0.15) is 5.75 Å². The molecule has 0 fully saturated rings. The summed E-state index contributed by atoms with van der Waals surface area (Å²) in [5, 5.41) is 2.68. The molecule has 2 aromatic carbocycles. The molecule has 0 aliphatic rings. The summed E-state index contributed by atoms with van der Waals surface area (Å²) in [6, 6.07) is 14.3. The van der Waals surface area contributed by atoms with E-state index in [1.54, 1.807) is 44.6 Å². The largest absolute Gasteiger partial charge is 0.493 e. The second-order valence-electron chi connectivity index (χ2n) is 4.25. The zero-order valence-electron chi connectivity index (χ0n) is 12.0. The van der Waals surface area contributed by atoms with Crippen LogP contribution in [0.4, 0.5) is 4.79 Å². The zero-order valence-corrected chi connectivity index (χ0v) is 12.0. The Morgan fingerprint density at radius 1 is 1.00 bits per heavy atom. The molecule has 110 valence electrons. The Morgan fingerprint density at radius 3 is 2.38 bits per heavy atom. The molecule has 0 heterocycles. The minimum absolute atomic E-state index is 0.339. The van der Waals surface area contributed by atoms with Crippen molar-refractivity contribution in [1.29, 1.82) is 0 Å². The van der Waals surface area contributed by atoms with Gasteiger partial charge in [-0.1, -0.05) is 24.3 Å². The molecule has 0 saturated heterocycles. The second-order valence-corrected chi connectivity index (χ2v) is 4.25. The molecule has 1 N–H and O–H groups in total. The van der Waals surface area contributed by atoms with Gasteiger partial charge in [0.15, 0.2) is 11.5 Å². The molecular weight excluding hydrogens is 270 g/mol. The van der Waals surface area contributed by atoms with Gasteiger partial charge in [0.2, 0.25) is 0 Å². The predicted octanol–water partition coefficient (Wildman–Crippen LogP) is 2.99. The van der Waals surface area contributed by atoms with E-state index in [1.165, 1.54) is 0 Å². The van der Waals surface area contributed by atoms with Crippen molar-refractivity contribution >= 4 is 6.09 Å². The number of hydrogen-bond acceptors (Lipinski definition) is 4. The minimum atomic E-state index is -0.504. The zero-order chi connectivity index (χ0) is 15.1. The van der Waals surface area contributed by atoms with Gasteiger partial charge in [-0.3, -0.25) is 0 Å². The van der Waals surface area contributed by atoms with E-state index in [0.29, 0.717) is 23.8 Å². The lowest BCUT2D eigenvalue weighted by atomic mass is 10.2. The van der Waals surface area contributed by atoms with Crippen molar-refractivity contribution in [3.05, 3.63) is 54.1 Å². The second kappa shape index (κ2) is 7.19. The molecule has 2 rings (SSSR count). The summed E-state index contributed by atoms with van der Waals surface area (Å²) >= 11 is 0. The van der Waals surface area contributed by atoms with Crippen molar-refractivity contribution in [2.75, 3.05) is 14.2 Å². The van der Waals surface area contributed by atoms with E-state index in [1.807, 2.05) is 18.2 Å². The van der Waals surface area contributed by atoms with E-state index < -0.39 is 6.09 Å². The monoisotopic (exact) mass is 287 g/mol. The van der Waals surface area contributed by atoms with Crippen LogP contribution in [0.1, 0.15) is 5.56 Å². The Hall–Kier alpha value is -2.69. The highest BCUT2D eigenvalue weighted by atomic mass is 16.6. The van der Waals surface area contributed by atoms with E-state index in [4.69, 9.17) is 14.2 Å². The van der Waals surface area contributed by atoms with Crippen LogP contribution < -0.4 is 19.5 Å². The van der Waals surface area contributed by atoms with Crippen LogP contribution in [-0.2, 0) is 6.54 Å². The summed E-state index contributed by atoms with van der Waals surface area (Å²) in [6.45, 7) is 0.339. The maximum absolute atomic E-state index is 11.7. The highest BCUT2D eigenvalue weighted by molar-refractivity contribution is 5.70. The van der Waals surface area contributed by atoms with Gasteiger partial charge in [-0.05, 0) is 29.8 Å². The molecule has 0 aliphatic carbocycles. The number of methoxy groups -OCH3 is 2. The Labute approximate surface area is 123 Å². The first-order valence-electron chi connectivity index (χ1n) is 6.44. The first-order valence-corrected chi connectivity index (χ1v) is 6.44. The quantitative estimate of drug-likeness (QED) is 0.918. The maximum Gasteiger partial charge on any atom is 0.412 e. The van der Waals surface area contributed by atoms with Gasteiger partial charge in [-0.15, -0.1) is 0 Å². The Kier molecular flexibility index (Phi) is 5.04. The normalized spacial score (nSPS) is 9.81. The van der Waals surface area contributed by atoms with E-state index >= 15 is 0 Å². The summed E-state index contributed by atoms with van der Waals surface area (Å²) < 4.78 is 15.5. The predicted molar refractivity (Wildman–Crippen MR) is 78.9 cm³/mol. The number of para-hydroxylation sites is 1. The Morgan fingerprint density at radius 2 is 1.71 bits per heavy atom. The van der Waals surface area contributed by atoms with Gasteiger partial charge in [0.25, 0.3) is 0 Å². The summed E-state index contributed by atoms with van der Waals surface area (Å²) in [6.07, 6.45) is -0.504. The minimum Gasteiger partial charge on any atom is -0.493 e. The van der Waals surface area contributed by atoms with Crippen LogP contribution in [0.25, 0.3) is 0 Å². The van der Waals surface area contributed by atoms with Crippen molar-refractivity contribution in [2.45, 2.75) is 6.54 Å². The van der Waals surface area contributed by atoms with E-state index in [-0.39, 0.29) is 0 Å². The van der Waals surface area contributed by atoms with Crippen LogP contribution in [0, 0.1) is 0 Å². The number of nitrogens with one attached hydrogen (secondary N) is 1. The molecule has 0 bridgehead atoms. The summed E-state index contributed by atoms with van der Waals surface area (Å²) in [7, 11) is 3.14. The topological polar surface area (TPSA) is 56.8 Å². The molecule has 0 spiro atoms. The molecular formula is C16H17NO4. The number of hydrogen-bond donors (Lipinski definition) is 1. The van der Waals surface area contributed by atoms with E-state index in [0.717, 1.165) is 5.56 Å². The van der Waals surface area contributed by atoms with Crippen molar-refractivity contribution in [3.63, 3.8) is 0 Å². The smallest absolute Gasteiger partial charge is 0.412 e. The first-order chi connectivity index (χ1) is 10.2. The maximum atomic E-state index is 11.7. The van der Waals surface area contributed by atoms with Crippen LogP contribution in [0.15, 0.2) is 48.5 Å². The van der Waals surface area contributed by atoms with Crippen molar-refractivity contribution in [3.8, 4) is 17.2 Å². The molecule has 21 heavy (non-hydrogen) atoms. The number of carbonyl (C=O) groups excluding carboxylic acids is 1. The summed E-state index contributed by atoms with van der Waals surface area (Å²) in [5.74, 6) is 1.77. The molecule has 1 amide bonds. The molecule has 0 saturated carbocycles. The number of amides is 1. The van der Waals surface area contributed by atoms with Crippen molar-refractivity contribution in [1.82, 2.24) is 5.32 Å². The highest BCUT2D eigenvalue weighted by Gasteiger charge is 2.07. The average Bonchev–Trinajstić information content (AvgIpc) is 2.53. The summed E-state index contributed by atoms with van der Waals surface area (Å²) in [4.78, 5) is 11.7. The van der Waals surface area contributed by atoms with Gasteiger partial charge < -0.3 is 19.5 Å². The highest BCUT2D eigenvalue weighted by Crippen LogP contribution is 2.27. The Bertz CT molecular complexity index is 598. The van der Waals surface area contributed by atoms with Crippen LogP contribution in [0.2, 0.25) is 0 Å². The van der Waals surface area contributed by atoms with Crippen LogP contribution in [0.3, 0.4) is 0 Å². The molecule has 0 unspecified atom stereocenters. The molecule has 0 aliphatic heterocycles. The van der Waals surface area contributed by atoms with Gasteiger partial charge in [-0.25, -0.2) is 4.79 Å². The van der Waals surface area contributed by atoms with Gasteiger partial charge in [0.05, 0.1) is 14.2 Å². The molecule has 2 aromatic rings. The third-order valence-corrected chi connectivity index (χ3v) is 2.84. The van der Waals surface area contributed by atoms with Crippen LogP contribution in [0.5, 0.6) is 17.2 Å². The lowest BCUT2D eigenvalue weighted by Crippen LogP contribution is -2.26. The van der Waals surface area contributed by atoms with Crippen molar-refractivity contribution < 1.29 is 19.0 Å². The van der Waals surface area contributed by atoms with Crippen LogP contribution in [-0.4, -0.2) is 20.3 Å². The third kappa shape index (κ3) is 4.14. The SMILES string of the molecule is COc1ccc(CNC(=O)Oc2ccccc2)cc1OC. The molecule has 0 aromatic heterocycles. The van der Waals surface area contributed by atoms with Gasteiger partial charge >= 0.3 is 6.09 Å². The van der Waals surface area contributed by atoms with E-state index in [2.05, 4.69) is 5.32 Å². The molecule has 5 nitrogen and oxygen atoms in total. The third-order valence-electron chi connectivity index (χ3n) is 2.84. The van der Waals surface area contributed by atoms with E-state index in [9.17, 15) is 4.79 Å². The molecule has 0 atom stereocenters. The Balaban J connectivity index is 1.92. The number of ether oxygens (including phenoxy) is 3. The lowest BCUT2D eigenvalue weighted by molar-refractivity contribution is 0.200. The number of carbonyl (C=O) groups is 1. The summed E-state index contributed by atoms with van der Waals surface area (Å²) in [5.41, 5.74) is 0.887. The lowest BCUT2D eigenvalue weighted by Gasteiger charge is -2.10.